The molecule has 0 aliphatic carbocycles. The van der Waals surface area contributed by atoms with E-state index >= 15 is 0 Å². The van der Waals surface area contributed by atoms with Crippen LogP contribution in [0.1, 0.15) is 11.1 Å². The molecule has 0 aliphatic heterocycles. The van der Waals surface area contributed by atoms with Crippen LogP contribution in [0.4, 0.5) is 9.52 Å². The highest BCUT2D eigenvalue weighted by molar-refractivity contribution is 7.18. The third-order valence-electron chi connectivity index (χ3n) is 3.32. The van der Waals surface area contributed by atoms with Crippen LogP contribution >= 0.6 is 11.3 Å². The molecular formula is C17H14FN3OS. The number of nitrogens with one attached hydrogen (secondary N) is 1. The topological polar surface area (TPSA) is 54.9 Å². The van der Waals surface area contributed by atoms with Crippen LogP contribution in [0, 0.1) is 12.7 Å². The zero-order valence-electron chi connectivity index (χ0n) is 12.4. The summed E-state index contributed by atoms with van der Waals surface area (Å²) in [5, 5.41) is 12.1. The molecule has 0 saturated heterocycles. The number of carbonyl (C=O) groups is 1. The molecule has 3 aromatic rings. The van der Waals surface area contributed by atoms with Crippen molar-refractivity contribution < 1.29 is 9.18 Å². The minimum Gasteiger partial charge on any atom is -0.300 e. The number of carbonyl (C=O) groups excluding carboxylic acids is 1. The van der Waals surface area contributed by atoms with E-state index in [1.165, 1.54) is 23.5 Å². The molecule has 0 atom stereocenters. The second-order valence-corrected chi connectivity index (χ2v) is 6.06. The fourth-order valence-corrected chi connectivity index (χ4v) is 3.00. The van der Waals surface area contributed by atoms with Gasteiger partial charge in [-0.3, -0.25) is 4.79 Å². The summed E-state index contributed by atoms with van der Waals surface area (Å²) >= 11 is 1.33. The van der Waals surface area contributed by atoms with Crippen LogP contribution in [-0.4, -0.2) is 16.1 Å². The fourth-order valence-electron chi connectivity index (χ4n) is 2.15. The molecule has 0 unspecified atom stereocenters. The molecule has 2 aromatic carbocycles. The zero-order chi connectivity index (χ0) is 16.2. The second kappa shape index (κ2) is 6.66. The Morgan fingerprint density at radius 3 is 2.61 bits per heavy atom. The van der Waals surface area contributed by atoms with Crippen LogP contribution in [0.15, 0.2) is 48.5 Å². The van der Waals surface area contributed by atoms with Gasteiger partial charge >= 0.3 is 0 Å². The maximum absolute atomic E-state index is 12.9. The van der Waals surface area contributed by atoms with Gasteiger partial charge in [-0.25, -0.2) is 4.39 Å². The lowest BCUT2D eigenvalue weighted by Gasteiger charge is -2.01. The molecule has 1 N–H and O–H groups in total. The summed E-state index contributed by atoms with van der Waals surface area (Å²) in [4.78, 5) is 12.0. The predicted molar refractivity (Wildman–Crippen MR) is 88.8 cm³/mol. The molecule has 116 valence electrons. The zero-order valence-corrected chi connectivity index (χ0v) is 13.2. The first kappa shape index (κ1) is 15.3. The number of halogens is 1. The Morgan fingerprint density at radius 2 is 1.87 bits per heavy atom. The number of aryl methyl sites for hydroxylation is 1. The number of nitrogens with zero attached hydrogens (tertiary/aromatic N) is 2. The molecule has 0 saturated carbocycles. The van der Waals surface area contributed by atoms with Crippen molar-refractivity contribution in [1.29, 1.82) is 0 Å². The predicted octanol–water partition coefficient (Wildman–Crippen LogP) is 3.83. The fraction of sp³-hybridized carbons (Fsp3) is 0.118. The van der Waals surface area contributed by atoms with Gasteiger partial charge in [0.2, 0.25) is 11.0 Å². The number of amides is 1. The average Bonchev–Trinajstić information content (AvgIpc) is 2.98. The molecule has 1 aromatic heterocycles. The number of aromatic nitrogens is 2. The Labute approximate surface area is 137 Å². The normalized spacial score (nSPS) is 10.5. The van der Waals surface area contributed by atoms with E-state index in [0.29, 0.717) is 5.13 Å². The first-order chi connectivity index (χ1) is 11.1. The van der Waals surface area contributed by atoms with E-state index in [1.807, 2.05) is 31.2 Å². The van der Waals surface area contributed by atoms with Crippen LogP contribution in [0.2, 0.25) is 0 Å². The third-order valence-corrected chi connectivity index (χ3v) is 4.20. The summed E-state index contributed by atoms with van der Waals surface area (Å²) in [6, 6.07) is 13.7. The summed E-state index contributed by atoms with van der Waals surface area (Å²) in [7, 11) is 0. The van der Waals surface area contributed by atoms with E-state index in [0.717, 1.165) is 21.7 Å². The van der Waals surface area contributed by atoms with Gasteiger partial charge in [0.15, 0.2) is 0 Å². The summed E-state index contributed by atoms with van der Waals surface area (Å²) in [6.45, 7) is 2.00. The molecule has 1 amide bonds. The largest absolute Gasteiger partial charge is 0.300 e. The lowest BCUT2D eigenvalue weighted by Crippen LogP contribution is -2.14. The van der Waals surface area contributed by atoms with Crippen molar-refractivity contribution in [2.45, 2.75) is 13.3 Å². The summed E-state index contributed by atoms with van der Waals surface area (Å²) in [6.07, 6.45) is 0.166. The van der Waals surface area contributed by atoms with Crippen LogP contribution in [-0.2, 0) is 11.2 Å². The Kier molecular flexibility index (Phi) is 4.43. The van der Waals surface area contributed by atoms with Crippen molar-refractivity contribution in [2.75, 3.05) is 5.32 Å². The van der Waals surface area contributed by atoms with Crippen molar-refractivity contribution in [3.8, 4) is 10.6 Å². The maximum atomic E-state index is 12.9. The third kappa shape index (κ3) is 3.78. The molecule has 6 heteroatoms. The van der Waals surface area contributed by atoms with Crippen molar-refractivity contribution in [2.24, 2.45) is 0 Å². The highest BCUT2D eigenvalue weighted by atomic mass is 32.1. The molecule has 0 fully saturated rings. The van der Waals surface area contributed by atoms with Crippen molar-refractivity contribution >= 4 is 22.4 Å². The Hall–Kier alpha value is -2.60. The van der Waals surface area contributed by atoms with Gasteiger partial charge < -0.3 is 5.32 Å². The molecule has 1 heterocycles. The minimum absolute atomic E-state index is 0.166. The number of benzene rings is 2. The van der Waals surface area contributed by atoms with Gasteiger partial charge in [0.1, 0.15) is 10.8 Å². The number of anilines is 1. The van der Waals surface area contributed by atoms with E-state index in [-0.39, 0.29) is 18.1 Å². The van der Waals surface area contributed by atoms with Crippen molar-refractivity contribution in [1.82, 2.24) is 10.2 Å². The van der Waals surface area contributed by atoms with E-state index in [4.69, 9.17) is 0 Å². The van der Waals surface area contributed by atoms with E-state index < -0.39 is 0 Å². The molecule has 0 bridgehead atoms. The van der Waals surface area contributed by atoms with E-state index in [9.17, 15) is 9.18 Å². The molecule has 3 rings (SSSR count). The number of hydrogen-bond donors (Lipinski definition) is 1. The van der Waals surface area contributed by atoms with Gasteiger partial charge in [0, 0.05) is 5.56 Å². The van der Waals surface area contributed by atoms with Crippen LogP contribution in [0.25, 0.3) is 10.6 Å². The van der Waals surface area contributed by atoms with Crippen LogP contribution in [0.5, 0.6) is 0 Å². The van der Waals surface area contributed by atoms with E-state index in [1.54, 1.807) is 12.1 Å². The minimum atomic E-state index is -0.318. The Balaban J connectivity index is 1.68. The summed E-state index contributed by atoms with van der Waals surface area (Å²) in [5.74, 6) is -0.523. The quantitative estimate of drug-likeness (QED) is 0.792. The van der Waals surface area contributed by atoms with Crippen molar-refractivity contribution in [3.63, 3.8) is 0 Å². The number of hydrogen-bond acceptors (Lipinski definition) is 4. The monoisotopic (exact) mass is 327 g/mol. The highest BCUT2D eigenvalue weighted by Gasteiger charge is 2.11. The van der Waals surface area contributed by atoms with E-state index in [2.05, 4.69) is 15.5 Å². The van der Waals surface area contributed by atoms with Crippen LogP contribution < -0.4 is 5.32 Å². The average molecular weight is 327 g/mol. The van der Waals surface area contributed by atoms with Gasteiger partial charge in [-0.05, 0) is 30.2 Å². The molecule has 0 radical (unpaired) electrons. The summed E-state index contributed by atoms with van der Waals surface area (Å²) < 4.78 is 12.9. The Morgan fingerprint density at radius 1 is 1.13 bits per heavy atom. The van der Waals surface area contributed by atoms with Gasteiger partial charge in [-0.15, -0.1) is 10.2 Å². The van der Waals surface area contributed by atoms with Gasteiger partial charge in [0.25, 0.3) is 0 Å². The Bertz CT molecular complexity index is 830. The molecule has 0 spiro atoms. The first-order valence-corrected chi connectivity index (χ1v) is 7.87. The highest BCUT2D eigenvalue weighted by Crippen LogP contribution is 2.28. The molecule has 4 nitrogen and oxygen atoms in total. The second-order valence-electron chi connectivity index (χ2n) is 5.08. The molecular weight excluding hydrogens is 313 g/mol. The lowest BCUT2D eigenvalue weighted by molar-refractivity contribution is -0.115. The first-order valence-electron chi connectivity index (χ1n) is 7.05. The smallest absolute Gasteiger partial charge is 0.230 e. The molecule has 23 heavy (non-hydrogen) atoms. The summed E-state index contributed by atoms with van der Waals surface area (Å²) in [5.41, 5.74) is 2.85. The van der Waals surface area contributed by atoms with Gasteiger partial charge in [-0.1, -0.05) is 47.7 Å². The van der Waals surface area contributed by atoms with Crippen molar-refractivity contribution in [3.05, 3.63) is 65.5 Å². The van der Waals surface area contributed by atoms with Gasteiger partial charge in [0.05, 0.1) is 6.42 Å². The standard InChI is InChI=1S/C17H14FN3OS/c1-11-4-2-3-5-14(11)16-20-21-17(23-16)19-15(22)10-12-6-8-13(18)9-7-12/h2-9H,10H2,1H3,(H,19,21,22). The van der Waals surface area contributed by atoms with Gasteiger partial charge in [-0.2, -0.15) is 0 Å². The van der Waals surface area contributed by atoms with Crippen LogP contribution in [0.3, 0.4) is 0 Å². The lowest BCUT2D eigenvalue weighted by atomic mass is 10.1. The molecule has 0 aliphatic rings. The maximum Gasteiger partial charge on any atom is 0.230 e. The number of rotatable bonds is 4. The SMILES string of the molecule is Cc1ccccc1-c1nnc(NC(=O)Cc2ccc(F)cc2)s1.